The number of nitrogens with zero attached hydrogens (tertiary/aromatic N) is 1. The maximum absolute atomic E-state index is 13.3. The Labute approximate surface area is 128 Å². The predicted octanol–water partition coefficient (Wildman–Crippen LogP) is 3.47. The molecule has 1 aliphatic rings. The van der Waals surface area contributed by atoms with E-state index in [0.717, 1.165) is 5.56 Å². The highest BCUT2D eigenvalue weighted by Crippen LogP contribution is 2.30. The highest BCUT2D eigenvalue weighted by molar-refractivity contribution is 7.80. The smallest absolute Gasteiger partial charge is 0.188 e. The second-order valence-electron chi connectivity index (χ2n) is 5.09. The van der Waals surface area contributed by atoms with E-state index in [2.05, 4.69) is 29.8 Å². The third-order valence-electron chi connectivity index (χ3n) is 3.54. The molecule has 0 aromatic heterocycles. The monoisotopic (exact) mass is 301 g/mol. The Morgan fingerprint density at radius 2 is 1.90 bits per heavy atom. The van der Waals surface area contributed by atoms with Crippen LogP contribution in [0, 0.1) is 5.82 Å². The first-order valence-corrected chi connectivity index (χ1v) is 7.23. The van der Waals surface area contributed by atoms with Crippen LogP contribution in [0.4, 0.5) is 10.1 Å². The van der Waals surface area contributed by atoms with Gasteiger partial charge in [0.05, 0.1) is 17.8 Å². The summed E-state index contributed by atoms with van der Waals surface area (Å²) < 4.78 is 13.3. The molecule has 2 aromatic rings. The van der Waals surface area contributed by atoms with Crippen molar-refractivity contribution in [1.82, 2.24) is 10.3 Å². The molecule has 0 aliphatic carbocycles. The number of rotatable bonds is 3. The fourth-order valence-electron chi connectivity index (χ4n) is 2.60. The van der Waals surface area contributed by atoms with Crippen LogP contribution in [0.25, 0.3) is 0 Å². The summed E-state index contributed by atoms with van der Waals surface area (Å²) in [7, 11) is 0. The minimum atomic E-state index is -0.276. The second kappa shape index (κ2) is 5.69. The van der Waals surface area contributed by atoms with Crippen LogP contribution in [0.2, 0.25) is 0 Å². The molecule has 3 rings (SSSR count). The van der Waals surface area contributed by atoms with Gasteiger partial charge in [-0.2, -0.15) is 0 Å². The number of nitrogens with one attached hydrogen (secondary N) is 2. The number of hydrogen-bond acceptors (Lipinski definition) is 2. The summed E-state index contributed by atoms with van der Waals surface area (Å²) in [6.07, 6.45) is 0. The molecule has 0 bridgehead atoms. The molecular formula is C16H16FN3S. The molecule has 2 unspecified atom stereocenters. The van der Waals surface area contributed by atoms with E-state index >= 15 is 0 Å². The number of thiocarbonyl (C=S) groups is 1. The van der Waals surface area contributed by atoms with Crippen molar-refractivity contribution in [1.29, 1.82) is 0 Å². The van der Waals surface area contributed by atoms with E-state index in [0.29, 0.717) is 10.8 Å². The SMILES string of the molecule is CC1NC(=S)N(Nc2cccc(F)c2)C1c1ccccc1. The van der Waals surface area contributed by atoms with Gasteiger partial charge < -0.3 is 5.32 Å². The molecule has 21 heavy (non-hydrogen) atoms. The van der Waals surface area contributed by atoms with Crippen molar-refractivity contribution in [3.05, 3.63) is 66.0 Å². The van der Waals surface area contributed by atoms with Gasteiger partial charge in [0.15, 0.2) is 5.11 Å². The van der Waals surface area contributed by atoms with Crippen molar-refractivity contribution < 1.29 is 4.39 Å². The average Bonchev–Trinajstić information content (AvgIpc) is 2.74. The van der Waals surface area contributed by atoms with Gasteiger partial charge in [-0.05, 0) is 42.9 Å². The van der Waals surface area contributed by atoms with E-state index in [9.17, 15) is 4.39 Å². The summed E-state index contributed by atoms with van der Waals surface area (Å²) in [6.45, 7) is 2.08. The minimum Gasteiger partial charge on any atom is -0.356 e. The van der Waals surface area contributed by atoms with Gasteiger partial charge in [-0.3, -0.25) is 10.4 Å². The Hall–Kier alpha value is -2.14. The number of hydrazine groups is 1. The fraction of sp³-hybridized carbons (Fsp3) is 0.188. The first kappa shape index (κ1) is 13.8. The molecule has 1 fully saturated rings. The van der Waals surface area contributed by atoms with Crippen molar-refractivity contribution >= 4 is 23.0 Å². The average molecular weight is 301 g/mol. The Bertz CT molecular complexity index is 647. The number of benzene rings is 2. The van der Waals surface area contributed by atoms with Gasteiger partial charge >= 0.3 is 0 Å². The zero-order valence-corrected chi connectivity index (χ0v) is 12.4. The van der Waals surface area contributed by atoms with E-state index in [1.807, 2.05) is 29.3 Å². The second-order valence-corrected chi connectivity index (χ2v) is 5.47. The third kappa shape index (κ3) is 2.83. The third-order valence-corrected chi connectivity index (χ3v) is 3.85. The van der Waals surface area contributed by atoms with Gasteiger partial charge in [0.2, 0.25) is 0 Å². The molecule has 1 saturated heterocycles. The summed E-state index contributed by atoms with van der Waals surface area (Å²) in [4.78, 5) is 0. The molecule has 0 saturated carbocycles. The number of hydrogen-bond donors (Lipinski definition) is 2. The van der Waals surface area contributed by atoms with Gasteiger partial charge in [-0.1, -0.05) is 36.4 Å². The van der Waals surface area contributed by atoms with Crippen LogP contribution in [-0.4, -0.2) is 16.2 Å². The van der Waals surface area contributed by atoms with Crippen molar-refractivity contribution in [2.24, 2.45) is 0 Å². The molecule has 2 N–H and O–H groups in total. The number of halogens is 1. The van der Waals surface area contributed by atoms with Crippen molar-refractivity contribution in [2.45, 2.75) is 19.0 Å². The molecule has 3 nitrogen and oxygen atoms in total. The lowest BCUT2D eigenvalue weighted by molar-refractivity contribution is 0.376. The maximum Gasteiger partial charge on any atom is 0.188 e. The Balaban J connectivity index is 1.89. The molecule has 2 aromatic carbocycles. The van der Waals surface area contributed by atoms with Gasteiger partial charge in [-0.15, -0.1) is 0 Å². The lowest BCUT2D eigenvalue weighted by Gasteiger charge is -2.28. The first-order chi connectivity index (χ1) is 10.1. The highest BCUT2D eigenvalue weighted by Gasteiger charge is 2.35. The summed E-state index contributed by atoms with van der Waals surface area (Å²) in [5, 5.41) is 5.74. The van der Waals surface area contributed by atoms with E-state index in [1.165, 1.54) is 12.1 Å². The van der Waals surface area contributed by atoms with Gasteiger partial charge in [0.1, 0.15) is 5.82 Å². The van der Waals surface area contributed by atoms with Crippen LogP contribution in [0.3, 0.4) is 0 Å². The molecule has 5 heteroatoms. The van der Waals surface area contributed by atoms with E-state index < -0.39 is 0 Å². The van der Waals surface area contributed by atoms with Gasteiger partial charge in [-0.25, -0.2) is 4.39 Å². The molecular weight excluding hydrogens is 285 g/mol. The van der Waals surface area contributed by atoms with Crippen molar-refractivity contribution in [3.8, 4) is 0 Å². The van der Waals surface area contributed by atoms with E-state index in [-0.39, 0.29) is 17.9 Å². The van der Waals surface area contributed by atoms with E-state index in [4.69, 9.17) is 12.2 Å². The van der Waals surface area contributed by atoms with Crippen LogP contribution in [0.5, 0.6) is 0 Å². The van der Waals surface area contributed by atoms with Gasteiger partial charge in [0, 0.05) is 0 Å². The molecule has 0 spiro atoms. The van der Waals surface area contributed by atoms with Gasteiger partial charge in [0.25, 0.3) is 0 Å². The molecule has 0 amide bonds. The fourth-order valence-corrected chi connectivity index (χ4v) is 2.94. The lowest BCUT2D eigenvalue weighted by Crippen LogP contribution is -2.35. The Morgan fingerprint density at radius 1 is 1.14 bits per heavy atom. The van der Waals surface area contributed by atoms with Crippen molar-refractivity contribution in [3.63, 3.8) is 0 Å². The van der Waals surface area contributed by atoms with Crippen LogP contribution < -0.4 is 10.7 Å². The molecule has 2 atom stereocenters. The first-order valence-electron chi connectivity index (χ1n) is 6.82. The predicted molar refractivity (Wildman–Crippen MR) is 86.2 cm³/mol. The highest BCUT2D eigenvalue weighted by atomic mass is 32.1. The summed E-state index contributed by atoms with van der Waals surface area (Å²) in [6, 6.07) is 16.7. The van der Waals surface area contributed by atoms with Crippen LogP contribution in [0.15, 0.2) is 54.6 Å². The lowest BCUT2D eigenvalue weighted by atomic mass is 10.0. The van der Waals surface area contributed by atoms with Crippen LogP contribution >= 0.6 is 12.2 Å². The summed E-state index contributed by atoms with van der Waals surface area (Å²) in [5.41, 5.74) is 5.03. The molecule has 0 radical (unpaired) electrons. The number of anilines is 1. The Morgan fingerprint density at radius 3 is 2.62 bits per heavy atom. The van der Waals surface area contributed by atoms with Crippen molar-refractivity contribution in [2.75, 3.05) is 5.43 Å². The topological polar surface area (TPSA) is 27.3 Å². The largest absolute Gasteiger partial charge is 0.356 e. The van der Waals surface area contributed by atoms with E-state index in [1.54, 1.807) is 6.07 Å². The summed E-state index contributed by atoms with van der Waals surface area (Å²) in [5.74, 6) is -0.276. The molecule has 1 heterocycles. The molecule has 108 valence electrons. The zero-order chi connectivity index (χ0) is 14.8. The normalized spacial score (nSPS) is 21.2. The quantitative estimate of drug-likeness (QED) is 0.849. The Kier molecular flexibility index (Phi) is 3.75. The summed E-state index contributed by atoms with van der Waals surface area (Å²) >= 11 is 5.39. The molecule has 1 aliphatic heterocycles. The zero-order valence-electron chi connectivity index (χ0n) is 11.6. The maximum atomic E-state index is 13.3. The van der Waals surface area contributed by atoms with Crippen LogP contribution in [0.1, 0.15) is 18.5 Å². The standard InChI is InChI=1S/C16H16FN3S/c1-11-15(12-6-3-2-4-7-12)20(16(21)18-11)19-14-9-5-8-13(17)10-14/h2-11,15,19H,1H3,(H,18,21). The van der Waals surface area contributed by atoms with Crippen LogP contribution in [-0.2, 0) is 0 Å². The minimum absolute atomic E-state index is 0.0574.